The molecule has 170 valence electrons. The summed E-state index contributed by atoms with van der Waals surface area (Å²) >= 11 is 0. The normalized spacial score (nSPS) is 18.7. The Morgan fingerprint density at radius 1 is 1.13 bits per heavy atom. The number of hydrogen-bond acceptors (Lipinski definition) is 5. The van der Waals surface area contributed by atoms with Gasteiger partial charge in [0.1, 0.15) is 11.4 Å². The van der Waals surface area contributed by atoms with E-state index in [0.717, 1.165) is 26.2 Å². The lowest BCUT2D eigenvalue weighted by Crippen LogP contribution is -2.59. The largest absolute Gasteiger partial charge is 0.368 e. The number of halogens is 3. The SMILES string of the molecule is COC1(C(=O)N2CCN(CCNC(=O)c3ccccc3F)CC2)CCNCC1.Cl.Cl. The topological polar surface area (TPSA) is 73.9 Å². The lowest BCUT2D eigenvalue weighted by molar-refractivity contribution is -0.160. The van der Waals surface area contributed by atoms with Crippen LogP contribution in [-0.4, -0.2) is 86.7 Å². The van der Waals surface area contributed by atoms with Gasteiger partial charge in [-0.2, -0.15) is 0 Å². The predicted octanol–water partition coefficient (Wildman–Crippen LogP) is 1.31. The molecule has 7 nitrogen and oxygen atoms in total. The average Bonchev–Trinajstić information content (AvgIpc) is 2.74. The number of amides is 2. The minimum Gasteiger partial charge on any atom is -0.368 e. The van der Waals surface area contributed by atoms with Crippen LogP contribution in [0.2, 0.25) is 0 Å². The predicted molar refractivity (Wildman–Crippen MR) is 118 cm³/mol. The second-order valence-corrected chi connectivity index (χ2v) is 7.32. The van der Waals surface area contributed by atoms with Gasteiger partial charge in [-0.1, -0.05) is 12.1 Å². The summed E-state index contributed by atoms with van der Waals surface area (Å²) < 4.78 is 19.3. The number of methoxy groups -OCH3 is 1. The minimum absolute atomic E-state index is 0. The highest BCUT2D eigenvalue weighted by Crippen LogP contribution is 2.25. The number of carbonyl (C=O) groups excluding carboxylic acids is 2. The molecule has 2 aliphatic rings. The summed E-state index contributed by atoms with van der Waals surface area (Å²) in [4.78, 5) is 29.1. The van der Waals surface area contributed by atoms with Crippen LogP contribution in [-0.2, 0) is 9.53 Å². The van der Waals surface area contributed by atoms with Crippen molar-refractivity contribution in [2.45, 2.75) is 18.4 Å². The molecule has 1 aromatic rings. The molecule has 2 heterocycles. The highest BCUT2D eigenvalue weighted by Gasteiger charge is 2.42. The number of piperazine rings is 1. The Bertz CT molecular complexity index is 696. The number of rotatable bonds is 6. The fourth-order valence-electron chi connectivity index (χ4n) is 3.87. The van der Waals surface area contributed by atoms with E-state index in [0.29, 0.717) is 39.0 Å². The van der Waals surface area contributed by atoms with E-state index in [2.05, 4.69) is 15.5 Å². The standard InChI is InChI=1S/C20H29FN4O3.2ClH/c1-28-20(6-8-22-9-7-20)19(27)25-14-12-24(13-15-25)11-10-23-18(26)16-4-2-3-5-17(16)21;;/h2-5,22H,6-15H2,1H3,(H,23,26);2*1H. The molecule has 3 rings (SSSR count). The fourth-order valence-corrected chi connectivity index (χ4v) is 3.87. The van der Waals surface area contributed by atoms with E-state index in [4.69, 9.17) is 4.74 Å². The number of carbonyl (C=O) groups is 2. The molecule has 10 heteroatoms. The molecule has 30 heavy (non-hydrogen) atoms. The zero-order valence-corrected chi connectivity index (χ0v) is 18.8. The summed E-state index contributed by atoms with van der Waals surface area (Å²) in [5.41, 5.74) is -0.633. The van der Waals surface area contributed by atoms with Gasteiger partial charge in [-0.05, 0) is 38.1 Å². The molecule has 2 saturated heterocycles. The molecule has 0 aromatic heterocycles. The zero-order chi connectivity index (χ0) is 20.0. The third-order valence-corrected chi connectivity index (χ3v) is 5.68. The second kappa shape index (κ2) is 12.4. The van der Waals surface area contributed by atoms with E-state index in [1.165, 1.54) is 12.1 Å². The van der Waals surface area contributed by atoms with Gasteiger partial charge in [0, 0.05) is 46.4 Å². The van der Waals surface area contributed by atoms with Gasteiger partial charge in [0.25, 0.3) is 11.8 Å². The third-order valence-electron chi connectivity index (χ3n) is 5.68. The quantitative estimate of drug-likeness (QED) is 0.663. The lowest BCUT2D eigenvalue weighted by Gasteiger charge is -2.42. The van der Waals surface area contributed by atoms with Gasteiger partial charge < -0.3 is 20.3 Å². The average molecular weight is 465 g/mol. The minimum atomic E-state index is -0.693. The molecule has 0 unspecified atom stereocenters. The summed E-state index contributed by atoms with van der Waals surface area (Å²) in [7, 11) is 1.62. The van der Waals surface area contributed by atoms with Gasteiger partial charge in [0.15, 0.2) is 0 Å². The van der Waals surface area contributed by atoms with E-state index < -0.39 is 17.3 Å². The van der Waals surface area contributed by atoms with E-state index in [9.17, 15) is 14.0 Å². The molecule has 0 aliphatic carbocycles. The molecule has 2 N–H and O–H groups in total. The Morgan fingerprint density at radius 3 is 2.37 bits per heavy atom. The number of hydrogen-bond donors (Lipinski definition) is 2. The second-order valence-electron chi connectivity index (χ2n) is 7.32. The van der Waals surface area contributed by atoms with E-state index in [1.54, 1.807) is 19.2 Å². The van der Waals surface area contributed by atoms with Crippen LogP contribution < -0.4 is 10.6 Å². The maximum Gasteiger partial charge on any atom is 0.254 e. The van der Waals surface area contributed by atoms with Gasteiger partial charge in [0.2, 0.25) is 0 Å². The van der Waals surface area contributed by atoms with Crippen LogP contribution in [0, 0.1) is 5.82 Å². The van der Waals surface area contributed by atoms with Crippen LogP contribution in [0.5, 0.6) is 0 Å². The summed E-state index contributed by atoms with van der Waals surface area (Å²) in [6, 6.07) is 5.95. The van der Waals surface area contributed by atoms with E-state index in [1.807, 2.05) is 4.90 Å². The number of nitrogens with zero attached hydrogens (tertiary/aromatic N) is 2. The maximum absolute atomic E-state index is 13.6. The van der Waals surface area contributed by atoms with E-state index in [-0.39, 0.29) is 36.3 Å². The van der Waals surface area contributed by atoms with Gasteiger partial charge in [-0.15, -0.1) is 24.8 Å². The van der Waals surface area contributed by atoms with Crippen molar-refractivity contribution in [3.63, 3.8) is 0 Å². The summed E-state index contributed by atoms with van der Waals surface area (Å²) in [5.74, 6) is -0.832. The molecule has 0 saturated carbocycles. The van der Waals surface area contributed by atoms with Gasteiger partial charge >= 0.3 is 0 Å². The Labute approximate surface area is 189 Å². The lowest BCUT2D eigenvalue weighted by atomic mass is 9.90. The van der Waals surface area contributed by atoms with Crippen LogP contribution in [0.15, 0.2) is 24.3 Å². The summed E-state index contributed by atoms with van der Waals surface area (Å²) in [6.45, 7) is 5.49. The Balaban J connectivity index is 0.00000225. The first-order valence-electron chi connectivity index (χ1n) is 9.86. The van der Waals surface area contributed by atoms with Crippen LogP contribution >= 0.6 is 24.8 Å². The third kappa shape index (κ3) is 6.28. The van der Waals surface area contributed by atoms with Crippen molar-refractivity contribution >= 4 is 36.6 Å². The Kier molecular flexibility index (Phi) is 11.0. The van der Waals surface area contributed by atoms with Crippen molar-refractivity contribution < 1.29 is 18.7 Å². The van der Waals surface area contributed by atoms with Gasteiger partial charge in [0.05, 0.1) is 5.56 Å². The highest BCUT2D eigenvalue weighted by molar-refractivity contribution is 5.94. The highest BCUT2D eigenvalue weighted by atomic mass is 35.5. The molecule has 1 aromatic carbocycles. The first kappa shape index (κ1) is 26.6. The molecule has 2 amide bonds. The summed E-state index contributed by atoms with van der Waals surface area (Å²) in [6.07, 6.45) is 1.40. The fraction of sp³-hybridized carbons (Fsp3) is 0.600. The number of ether oxygens (including phenoxy) is 1. The number of piperidine rings is 1. The van der Waals surface area contributed by atoms with Crippen LogP contribution in [0.3, 0.4) is 0 Å². The first-order valence-corrected chi connectivity index (χ1v) is 9.86. The van der Waals surface area contributed by atoms with Crippen molar-refractivity contribution in [1.29, 1.82) is 0 Å². The molecular formula is C20H31Cl2FN4O3. The van der Waals surface area contributed by atoms with Crippen molar-refractivity contribution in [2.24, 2.45) is 0 Å². The van der Waals surface area contributed by atoms with Crippen molar-refractivity contribution in [1.82, 2.24) is 20.4 Å². The van der Waals surface area contributed by atoms with Crippen LogP contribution in [0.4, 0.5) is 4.39 Å². The molecule has 2 fully saturated rings. The van der Waals surface area contributed by atoms with Crippen molar-refractivity contribution in [3.05, 3.63) is 35.6 Å². The molecule has 2 aliphatic heterocycles. The Hall–Kier alpha value is -1.45. The van der Waals surface area contributed by atoms with Crippen molar-refractivity contribution in [2.75, 3.05) is 59.5 Å². The van der Waals surface area contributed by atoms with Crippen LogP contribution in [0.25, 0.3) is 0 Å². The van der Waals surface area contributed by atoms with Gasteiger partial charge in [-0.25, -0.2) is 4.39 Å². The number of benzene rings is 1. The first-order chi connectivity index (χ1) is 13.6. The smallest absolute Gasteiger partial charge is 0.254 e. The number of nitrogens with one attached hydrogen (secondary N) is 2. The maximum atomic E-state index is 13.6. The molecule has 0 spiro atoms. The van der Waals surface area contributed by atoms with Crippen LogP contribution in [0.1, 0.15) is 23.2 Å². The van der Waals surface area contributed by atoms with Gasteiger partial charge in [-0.3, -0.25) is 14.5 Å². The molecule has 0 atom stereocenters. The Morgan fingerprint density at radius 2 is 1.77 bits per heavy atom. The van der Waals surface area contributed by atoms with E-state index >= 15 is 0 Å². The molecule has 0 radical (unpaired) electrons. The molecular weight excluding hydrogens is 434 g/mol. The molecule has 0 bridgehead atoms. The van der Waals surface area contributed by atoms with Crippen molar-refractivity contribution in [3.8, 4) is 0 Å². The summed E-state index contributed by atoms with van der Waals surface area (Å²) in [5, 5.41) is 6.03. The zero-order valence-electron chi connectivity index (χ0n) is 17.2. The monoisotopic (exact) mass is 464 g/mol.